The van der Waals surface area contributed by atoms with Gasteiger partial charge < -0.3 is 13.9 Å². The van der Waals surface area contributed by atoms with Crippen LogP contribution in [0.5, 0.6) is 0 Å². The van der Waals surface area contributed by atoms with Crippen LogP contribution in [0.4, 0.5) is 0 Å². The van der Waals surface area contributed by atoms with Crippen LogP contribution in [0.2, 0.25) is 0 Å². The van der Waals surface area contributed by atoms with Crippen LogP contribution < -0.4 is 0 Å². The predicted octanol–water partition coefficient (Wildman–Crippen LogP) is 3.50. The fraction of sp³-hybridized carbons (Fsp3) is 0.444. The Morgan fingerprint density at radius 3 is 2.96 bits per heavy atom. The van der Waals surface area contributed by atoms with E-state index < -0.39 is 0 Å². The highest BCUT2D eigenvalue weighted by atomic mass is 32.1. The molecule has 1 aliphatic rings. The molecular formula is C18H20N4O3S. The first kappa shape index (κ1) is 17.0. The Kier molecular flexibility index (Phi) is 4.58. The van der Waals surface area contributed by atoms with Gasteiger partial charge in [-0.2, -0.15) is 16.3 Å². The maximum atomic E-state index is 12.8. The smallest absolute Gasteiger partial charge is 0.259 e. The van der Waals surface area contributed by atoms with Crippen LogP contribution in [-0.4, -0.2) is 39.2 Å². The molecule has 0 radical (unpaired) electrons. The summed E-state index contributed by atoms with van der Waals surface area (Å²) in [5.41, 5.74) is 2.21. The predicted molar refractivity (Wildman–Crippen MR) is 95.9 cm³/mol. The lowest BCUT2D eigenvalue weighted by atomic mass is 9.94. The molecule has 1 aliphatic heterocycles. The van der Waals surface area contributed by atoms with Crippen molar-refractivity contribution in [1.29, 1.82) is 0 Å². The third-order valence-electron chi connectivity index (χ3n) is 4.76. The molecule has 0 unspecified atom stereocenters. The van der Waals surface area contributed by atoms with Gasteiger partial charge in [-0.3, -0.25) is 4.79 Å². The molecule has 1 fully saturated rings. The van der Waals surface area contributed by atoms with E-state index in [1.54, 1.807) is 25.2 Å². The lowest BCUT2D eigenvalue weighted by Crippen LogP contribution is -2.40. The van der Waals surface area contributed by atoms with Gasteiger partial charge in [0.15, 0.2) is 0 Å². The van der Waals surface area contributed by atoms with Crippen molar-refractivity contribution in [3.8, 4) is 11.4 Å². The number of carbonyl (C=O) groups excluding carboxylic acids is 1. The molecule has 7 nitrogen and oxygen atoms in total. The van der Waals surface area contributed by atoms with Crippen molar-refractivity contribution in [2.75, 3.05) is 13.1 Å². The Bertz CT molecular complexity index is 880. The van der Waals surface area contributed by atoms with E-state index in [0.29, 0.717) is 47.6 Å². The van der Waals surface area contributed by atoms with E-state index in [-0.39, 0.29) is 5.91 Å². The average molecular weight is 372 g/mol. The summed E-state index contributed by atoms with van der Waals surface area (Å²) in [6, 6.07) is 1.98. The number of likely N-dealkylation sites (tertiary alicyclic amines) is 1. The normalized spacial score (nSPS) is 17.6. The largest absolute Gasteiger partial charge is 0.361 e. The highest BCUT2D eigenvalue weighted by molar-refractivity contribution is 7.08. The number of hydrogen-bond acceptors (Lipinski definition) is 7. The molecule has 26 heavy (non-hydrogen) atoms. The second-order valence-corrected chi connectivity index (χ2v) is 7.47. The van der Waals surface area contributed by atoms with Crippen LogP contribution >= 0.6 is 11.3 Å². The minimum atomic E-state index is -0.00422. The Morgan fingerprint density at radius 1 is 1.35 bits per heavy atom. The number of rotatable bonds is 4. The fourth-order valence-corrected chi connectivity index (χ4v) is 4.09. The number of aryl methyl sites for hydroxylation is 2. The Hall–Kier alpha value is -2.48. The van der Waals surface area contributed by atoms with E-state index >= 15 is 0 Å². The van der Waals surface area contributed by atoms with Gasteiger partial charge in [-0.1, -0.05) is 10.3 Å². The second-order valence-electron chi connectivity index (χ2n) is 6.69. The quantitative estimate of drug-likeness (QED) is 0.697. The van der Waals surface area contributed by atoms with Crippen molar-refractivity contribution < 1.29 is 13.8 Å². The number of piperidine rings is 1. The first-order valence-electron chi connectivity index (χ1n) is 8.69. The maximum absolute atomic E-state index is 12.8. The van der Waals surface area contributed by atoms with E-state index in [1.165, 1.54) is 0 Å². The van der Waals surface area contributed by atoms with Crippen LogP contribution in [0.3, 0.4) is 0 Å². The molecule has 1 amide bonds. The van der Waals surface area contributed by atoms with Crippen LogP contribution in [0, 0.1) is 19.8 Å². The topological polar surface area (TPSA) is 85.3 Å². The number of nitrogens with zero attached hydrogens (tertiary/aromatic N) is 4. The summed E-state index contributed by atoms with van der Waals surface area (Å²) in [5, 5.41) is 11.9. The fourth-order valence-electron chi connectivity index (χ4n) is 3.46. The molecule has 1 atom stereocenters. The molecule has 0 saturated carbocycles. The van der Waals surface area contributed by atoms with Crippen molar-refractivity contribution in [2.24, 2.45) is 5.92 Å². The standard InChI is InChI=1S/C18H20N4O3S/c1-11-16(12(2)24-20-11)18(23)22-6-3-4-13(9-22)8-15-19-17(21-25-15)14-5-7-26-10-14/h5,7,10,13H,3-4,6,8-9H2,1-2H3/t13-/m1/s1. The molecule has 0 aromatic carbocycles. The summed E-state index contributed by atoms with van der Waals surface area (Å²) in [4.78, 5) is 19.2. The zero-order valence-electron chi connectivity index (χ0n) is 14.8. The maximum Gasteiger partial charge on any atom is 0.259 e. The van der Waals surface area contributed by atoms with Gasteiger partial charge in [0.05, 0.1) is 5.69 Å². The van der Waals surface area contributed by atoms with Gasteiger partial charge in [0.1, 0.15) is 11.3 Å². The Morgan fingerprint density at radius 2 is 2.23 bits per heavy atom. The monoisotopic (exact) mass is 372 g/mol. The lowest BCUT2D eigenvalue weighted by Gasteiger charge is -2.32. The molecule has 3 aromatic heterocycles. The number of carbonyl (C=O) groups is 1. The van der Waals surface area contributed by atoms with Crippen LogP contribution in [0.15, 0.2) is 25.9 Å². The zero-order valence-corrected chi connectivity index (χ0v) is 15.6. The van der Waals surface area contributed by atoms with Crippen molar-refractivity contribution >= 4 is 17.2 Å². The van der Waals surface area contributed by atoms with Crippen molar-refractivity contribution in [1.82, 2.24) is 20.2 Å². The van der Waals surface area contributed by atoms with Crippen molar-refractivity contribution in [3.05, 3.63) is 39.7 Å². The van der Waals surface area contributed by atoms with E-state index in [0.717, 1.165) is 24.9 Å². The SMILES string of the molecule is Cc1noc(C)c1C(=O)N1CCC[C@H](Cc2nc(-c3ccsc3)no2)C1. The van der Waals surface area contributed by atoms with Gasteiger partial charge in [-0.05, 0) is 44.1 Å². The molecule has 4 heterocycles. The van der Waals surface area contributed by atoms with Gasteiger partial charge in [-0.25, -0.2) is 0 Å². The number of amides is 1. The van der Waals surface area contributed by atoms with E-state index in [4.69, 9.17) is 9.05 Å². The minimum Gasteiger partial charge on any atom is -0.361 e. The number of aromatic nitrogens is 3. The molecule has 1 saturated heterocycles. The van der Waals surface area contributed by atoms with Gasteiger partial charge in [0.2, 0.25) is 11.7 Å². The second kappa shape index (κ2) is 7.03. The van der Waals surface area contributed by atoms with Crippen molar-refractivity contribution in [3.63, 3.8) is 0 Å². The molecular weight excluding hydrogens is 352 g/mol. The highest BCUT2D eigenvalue weighted by Crippen LogP contribution is 2.25. The molecule has 136 valence electrons. The van der Waals surface area contributed by atoms with E-state index in [9.17, 15) is 4.79 Å². The van der Waals surface area contributed by atoms with Gasteiger partial charge in [-0.15, -0.1) is 0 Å². The molecule has 0 bridgehead atoms. The summed E-state index contributed by atoms with van der Waals surface area (Å²) >= 11 is 1.61. The van der Waals surface area contributed by atoms with E-state index in [1.807, 2.05) is 21.7 Å². The highest BCUT2D eigenvalue weighted by Gasteiger charge is 2.29. The van der Waals surface area contributed by atoms with Crippen LogP contribution in [0.1, 0.15) is 40.5 Å². The van der Waals surface area contributed by atoms with Gasteiger partial charge in [0.25, 0.3) is 5.91 Å². The summed E-state index contributed by atoms with van der Waals surface area (Å²) in [6.45, 7) is 5.01. The zero-order chi connectivity index (χ0) is 18.1. The third-order valence-corrected chi connectivity index (χ3v) is 5.45. The molecule has 4 rings (SSSR count). The van der Waals surface area contributed by atoms with Crippen LogP contribution in [0.25, 0.3) is 11.4 Å². The minimum absolute atomic E-state index is 0.00422. The Balaban J connectivity index is 1.43. The lowest BCUT2D eigenvalue weighted by molar-refractivity contribution is 0.0665. The summed E-state index contributed by atoms with van der Waals surface area (Å²) < 4.78 is 10.6. The van der Waals surface area contributed by atoms with E-state index in [2.05, 4.69) is 15.3 Å². The average Bonchev–Trinajstić information content (AvgIpc) is 3.37. The number of thiophene rings is 1. The molecule has 0 N–H and O–H groups in total. The summed E-state index contributed by atoms with van der Waals surface area (Å²) in [7, 11) is 0. The molecule has 3 aromatic rings. The summed E-state index contributed by atoms with van der Waals surface area (Å²) in [5.74, 6) is 2.13. The summed E-state index contributed by atoms with van der Waals surface area (Å²) in [6.07, 6.45) is 2.69. The number of hydrogen-bond donors (Lipinski definition) is 0. The Labute approximate surface area is 155 Å². The van der Waals surface area contributed by atoms with Crippen LogP contribution in [-0.2, 0) is 6.42 Å². The molecule has 0 aliphatic carbocycles. The molecule has 0 spiro atoms. The first-order valence-corrected chi connectivity index (χ1v) is 9.63. The third kappa shape index (κ3) is 3.29. The van der Waals surface area contributed by atoms with Gasteiger partial charge >= 0.3 is 0 Å². The first-order chi connectivity index (χ1) is 12.6. The van der Waals surface area contributed by atoms with Gasteiger partial charge in [0, 0.05) is 30.5 Å². The van der Waals surface area contributed by atoms with Crippen molar-refractivity contribution in [2.45, 2.75) is 33.1 Å². The molecule has 8 heteroatoms.